The van der Waals surface area contributed by atoms with Gasteiger partial charge in [0.2, 0.25) is 11.7 Å². The van der Waals surface area contributed by atoms with Gasteiger partial charge in [-0.05, 0) is 30.3 Å². The Labute approximate surface area is 158 Å². The molecule has 10 heteroatoms. The van der Waals surface area contributed by atoms with Crippen molar-refractivity contribution in [2.45, 2.75) is 6.42 Å². The molecule has 3 aromatic rings. The van der Waals surface area contributed by atoms with Gasteiger partial charge in [-0.2, -0.15) is 4.98 Å². The molecule has 1 aromatic heterocycles. The number of primary amides is 1. The van der Waals surface area contributed by atoms with E-state index in [-0.39, 0.29) is 11.3 Å². The standard InChI is InChI=1S/C17H14ClN5O4/c18-11-3-1-10(2-4-11)17-21-15(27-22-17)7-8-20-14-6-5-12(23(25)26)9-13(14)16(19)24/h1-6,9,20H,7-8H2,(H2,19,24). The van der Waals surface area contributed by atoms with Gasteiger partial charge in [0, 0.05) is 41.4 Å². The van der Waals surface area contributed by atoms with Crippen LogP contribution in [0.2, 0.25) is 5.02 Å². The average Bonchev–Trinajstić information content (AvgIpc) is 3.11. The average molecular weight is 388 g/mol. The molecule has 27 heavy (non-hydrogen) atoms. The Balaban J connectivity index is 1.66. The van der Waals surface area contributed by atoms with E-state index in [1.165, 1.54) is 12.1 Å². The summed E-state index contributed by atoms with van der Waals surface area (Å²) in [6.07, 6.45) is 0.385. The number of nitrogens with one attached hydrogen (secondary N) is 1. The summed E-state index contributed by atoms with van der Waals surface area (Å²) >= 11 is 5.85. The van der Waals surface area contributed by atoms with E-state index >= 15 is 0 Å². The summed E-state index contributed by atoms with van der Waals surface area (Å²) in [7, 11) is 0. The van der Waals surface area contributed by atoms with Crippen molar-refractivity contribution in [1.29, 1.82) is 0 Å². The molecule has 0 atom stereocenters. The maximum atomic E-state index is 11.5. The summed E-state index contributed by atoms with van der Waals surface area (Å²) in [5.74, 6) is 0.0776. The largest absolute Gasteiger partial charge is 0.384 e. The number of carbonyl (C=O) groups is 1. The van der Waals surface area contributed by atoms with Crippen molar-refractivity contribution in [2.24, 2.45) is 5.73 Å². The zero-order valence-electron chi connectivity index (χ0n) is 13.9. The summed E-state index contributed by atoms with van der Waals surface area (Å²) in [5.41, 5.74) is 6.29. The number of nitro groups is 1. The van der Waals surface area contributed by atoms with Crippen LogP contribution in [-0.2, 0) is 6.42 Å². The molecule has 0 saturated heterocycles. The SMILES string of the molecule is NC(=O)c1cc([N+](=O)[O-])ccc1NCCc1nc(-c2ccc(Cl)cc2)no1. The van der Waals surface area contributed by atoms with Crippen molar-refractivity contribution in [2.75, 3.05) is 11.9 Å². The molecule has 3 rings (SSSR count). The minimum Gasteiger partial charge on any atom is -0.384 e. The second-order valence-corrected chi connectivity index (χ2v) is 5.98. The van der Waals surface area contributed by atoms with Crippen molar-refractivity contribution < 1.29 is 14.2 Å². The second-order valence-electron chi connectivity index (χ2n) is 5.55. The molecule has 0 bridgehead atoms. The van der Waals surface area contributed by atoms with E-state index in [0.717, 1.165) is 11.6 Å². The predicted octanol–water partition coefficient (Wildman–Crippen LogP) is 3.05. The number of nitro benzene ring substituents is 1. The molecule has 0 aliphatic heterocycles. The fraction of sp³-hybridized carbons (Fsp3) is 0.118. The van der Waals surface area contributed by atoms with Crippen molar-refractivity contribution in [3.05, 3.63) is 69.1 Å². The molecule has 0 spiro atoms. The number of hydrogen-bond acceptors (Lipinski definition) is 7. The highest BCUT2D eigenvalue weighted by molar-refractivity contribution is 6.30. The van der Waals surface area contributed by atoms with Crippen LogP contribution in [0.25, 0.3) is 11.4 Å². The van der Waals surface area contributed by atoms with Crippen molar-refractivity contribution >= 4 is 28.9 Å². The number of carbonyl (C=O) groups excluding carboxylic acids is 1. The number of rotatable bonds is 7. The maximum absolute atomic E-state index is 11.5. The molecule has 1 heterocycles. The van der Waals surface area contributed by atoms with Crippen molar-refractivity contribution in [3.63, 3.8) is 0 Å². The summed E-state index contributed by atoms with van der Waals surface area (Å²) < 4.78 is 5.20. The van der Waals surface area contributed by atoms with E-state index in [0.29, 0.717) is 35.4 Å². The second kappa shape index (κ2) is 7.83. The van der Waals surface area contributed by atoms with Gasteiger partial charge >= 0.3 is 0 Å². The monoisotopic (exact) mass is 387 g/mol. The van der Waals surface area contributed by atoms with E-state index in [1.807, 2.05) is 0 Å². The van der Waals surface area contributed by atoms with Crippen LogP contribution < -0.4 is 11.1 Å². The molecule has 0 fully saturated rings. The van der Waals surface area contributed by atoms with Gasteiger partial charge in [-0.15, -0.1) is 0 Å². The van der Waals surface area contributed by atoms with Crippen LogP contribution in [0.3, 0.4) is 0 Å². The number of anilines is 1. The topological polar surface area (TPSA) is 137 Å². The number of nitrogens with two attached hydrogens (primary N) is 1. The molecule has 0 unspecified atom stereocenters. The Kier molecular flexibility index (Phi) is 5.32. The summed E-state index contributed by atoms with van der Waals surface area (Å²) in [6.45, 7) is 0.361. The molecule has 138 valence electrons. The Bertz CT molecular complexity index is 987. The Morgan fingerprint density at radius 2 is 2.00 bits per heavy atom. The van der Waals surface area contributed by atoms with E-state index in [2.05, 4.69) is 15.5 Å². The highest BCUT2D eigenvalue weighted by Crippen LogP contribution is 2.22. The summed E-state index contributed by atoms with van der Waals surface area (Å²) in [4.78, 5) is 26.0. The number of benzene rings is 2. The number of non-ortho nitro benzene ring substituents is 1. The van der Waals surface area contributed by atoms with Crippen LogP contribution in [0.1, 0.15) is 16.2 Å². The molecule has 9 nitrogen and oxygen atoms in total. The van der Waals surface area contributed by atoms with E-state index in [4.69, 9.17) is 21.9 Å². The van der Waals surface area contributed by atoms with Gasteiger partial charge in [-0.25, -0.2) is 0 Å². The third-order valence-electron chi connectivity index (χ3n) is 3.70. The molecular formula is C17H14ClN5O4. The Morgan fingerprint density at radius 3 is 2.67 bits per heavy atom. The molecule has 0 saturated carbocycles. The van der Waals surface area contributed by atoms with Gasteiger partial charge in [0.05, 0.1) is 10.5 Å². The first kappa shape index (κ1) is 18.3. The molecule has 3 N–H and O–H groups in total. The third kappa shape index (κ3) is 4.39. The maximum Gasteiger partial charge on any atom is 0.270 e. The van der Waals surface area contributed by atoms with Gasteiger partial charge in [0.15, 0.2) is 0 Å². The highest BCUT2D eigenvalue weighted by Gasteiger charge is 2.15. The molecule has 0 aliphatic carbocycles. The first-order valence-corrected chi connectivity index (χ1v) is 8.22. The minimum atomic E-state index is -0.760. The number of nitrogens with zero attached hydrogens (tertiary/aromatic N) is 3. The van der Waals surface area contributed by atoms with Gasteiger partial charge in [-0.3, -0.25) is 14.9 Å². The molecule has 2 aromatic carbocycles. The number of halogens is 1. The normalized spacial score (nSPS) is 10.6. The molecular weight excluding hydrogens is 374 g/mol. The zero-order valence-corrected chi connectivity index (χ0v) is 14.6. The van der Waals surface area contributed by atoms with E-state index in [9.17, 15) is 14.9 Å². The first-order valence-electron chi connectivity index (χ1n) is 7.84. The number of amides is 1. The quantitative estimate of drug-likeness (QED) is 0.469. The molecule has 0 radical (unpaired) electrons. The van der Waals surface area contributed by atoms with Crippen LogP contribution in [0, 0.1) is 10.1 Å². The summed E-state index contributed by atoms with van der Waals surface area (Å²) in [5, 5.41) is 18.3. The van der Waals surface area contributed by atoms with Crippen LogP contribution in [0.4, 0.5) is 11.4 Å². The van der Waals surface area contributed by atoms with Gasteiger partial charge < -0.3 is 15.6 Å². The van der Waals surface area contributed by atoms with E-state index < -0.39 is 10.8 Å². The van der Waals surface area contributed by atoms with Crippen LogP contribution >= 0.6 is 11.6 Å². The smallest absolute Gasteiger partial charge is 0.270 e. The lowest BCUT2D eigenvalue weighted by Crippen LogP contribution is -2.16. The van der Waals surface area contributed by atoms with E-state index in [1.54, 1.807) is 24.3 Å². The third-order valence-corrected chi connectivity index (χ3v) is 3.96. The number of aromatic nitrogens is 2. The van der Waals surface area contributed by atoms with Crippen LogP contribution in [0.15, 0.2) is 47.0 Å². The van der Waals surface area contributed by atoms with Gasteiger partial charge in [0.25, 0.3) is 11.6 Å². The fourth-order valence-electron chi connectivity index (χ4n) is 2.38. The predicted molar refractivity (Wildman–Crippen MR) is 98.6 cm³/mol. The molecule has 1 amide bonds. The van der Waals surface area contributed by atoms with Crippen molar-refractivity contribution in [1.82, 2.24) is 10.1 Å². The fourth-order valence-corrected chi connectivity index (χ4v) is 2.51. The Hall–Kier alpha value is -3.46. The van der Waals surface area contributed by atoms with Crippen LogP contribution in [-0.4, -0.2) is 27.5 Å². The Morgan fingerprint density at radius 1 is 1.26 bits per heavy atom. The van der Waals surface area contributed by atoms with Crippen LogP contribution in [0.5, 0.6) is 0 Å². The van der Waals surface area contributed by atoms with Gasteiger partial charge in [0.1, 0.15) is 0 Å². The zero-order chi connectivity index (χ0) is 19.4. The first-order chi connectivity index (χ1) is 12.9. The highest BCUT2D eigenvalue weighted by atomic mass is 35.5. The number of hydrogen-bond donors (Lipinski definition) is 2. The van der Waals surface area contributed by atoms with Gasteiger partial charge in [-0.1, -0.05) is 16.8 Å². The van der Waals surface area contributed by atoms with Crippen molar-refractivity contribution in [3.8, 4) is 11.4 Å². The molecule has 0 aliphatic rings. The lowest BCUT2D eigenvalue weighted by Gasteiger charge is -2.08. The summed E-state index contributed by atoms with van der Waals surface area (Å²) in [6, 6.07) is 10.9. The lowest BCUT2D eigenvalue weighted by atomic mass is 10.1. The lowest BCUT2D eigenvalue weighted by molar-refractivity contribution is -0.384. The minimum absolute atomic E-state index is 0.0385.